The molecule has 0 N–H and O–H groups in total. The van der Waals surface area contributed by atoms with Crippen molar-refractivity contribution in [2.75, 3.05) is 9.71 Å². The minimum absolute atomic E-state index is 0.0308. The minimum atomic E-state index is -0.234. The van der Waals surface area contributed by atoms with Crippen LogP contribution in [-0.4, -0.2) is 6.85 Å². The molecule has 0 fully saturated rings. The minimum Gasteiger partial charge on any atom is -0.456 e. The number of benzene rings is 8. The summed E-state index contributed by atoms with van der Waals surface area (Å²) in [5.74, 6) is 0. The molecule has 0 radical (unpaired) electrons. The number of rotatable bonds is 3. The second-order valence-corrected chi connectivity index (χ2v) is 20.6. The average molecular weight is 815 g/mol. The van der Waals surface area contributed by atoms with Crippen molar-refractivity contribution in [3.05, 3.63) is 186 Å². The van der Waals surface area contributed by atoms with Gasteiger partial charge in [-0.3, -0.25) is 0 Å². The first-order chi connectivity index (χ1) is 30.3. The quantitative estimate of drug-likeness (QED) is 0.166. The number of nitrogens with zero attached hydrogens (tertiary/aromatic N) is 2. The van der Waals surface area contributed by atoms with E-state index in [-0.39, 0.29) is 23.1 Å². The SMILES string of the molecule is CC(C)(C)c1ccc(N2B3c4cc5oc6ccccc6c5cc4N(c4ccc(C(C)(C)C)cc4-c4ccccc4)c4cc5c(c(c43)-c3ccccc32)C(C)(C)c2ccccc2-5)cc1. The zero-order valence-electron chi connectivity index (χ0n) is 37.5. The van der Waals surface area contributed by atoms with Crippen molar-refractivity contribution < 1.29 is 4.42 Å². The lowest BCUT2D eigenvalue weighted by Gasteiger charge is -2.47. The van der Waals surface area contributed by atoms with Crippen molar-refractivity contribution in [3.8, 4) is 33.4 Å². The van der Waals surface area contributed by atoms with Crippen LogP contribution < -0.4 is 20.6 Å². The summed E-state index contributed by atoms with van der Waals surface area (Å²) in [6, 6.07) is 61.6. The summed E-state index contributed by atoms with van der Waals surface area (Å²) in [5.41, 5.74) is 23.1. The van der Waals surface area contributed by atoms with Crippen LogP contribution in [0.2, 0.25) is 0 Å². The van der Waals surface area contributed by atoms with E-state index in [9.17, 15) is 0 Å². The van der Waals surface area contributed by atoms with E-state index < -0.39 is 0 Å². The number of furan rings is 1. The molecule has 12 rings (SSSR count). The van der Waals surface area contributed by atoms with Crippen LogP contribution in [0.1, 0.15) is 77.6 Å². The fourth-order valence-electron chi connectivity index (χ4n) is 11.2. The fraction of sp³-hybridized carbons (Fsp3) is 0.186. The molecule has 1 aliphatic carbocycles. The van der Waals surface area contributed by atoms with Gasteiger partial charge in [0, 0.05) is 50.1 Å². The third kappa shape index (κ3) is 5.46. The standard InChI is InChI=1S/C59H51BN2O/c1-57(2,3)37-26-29-39(30-27-37)62-49-24-16-13-22-42(49)54-55-45(40-20-12-15-23-46(40)59(55,7)8)34-51-56(54)60(62)47-35-53-44(41-21-14-17-25-52(41)63-53)33-50(47)61(51)48-31-28-38(58(4,5)6)32-43(48)36-18-10-9-11-19-36/h9-35H,1-8H3. The lowest BCUT2D eigenvalue weighted by Crippen LogP contribution is -2.62. The lowest BCUT2D eigenvalue weighted by atomic mass is 9.42. The van der Waals surface area contributed by atoms with Crippen molar-refractivity contribution in [3.63, 3.8) is 0 Å². The van der Waals surface area contributed by atoms with Gasteiger partial charge in [-0.2, -0.15) is 0 Å². The largest absolute Gasteiger partial charge is 0.456 e. The number of para-hydroxylation sites is 2. The zero-order valence-corrected chi connectivity index (χ0v) is 37.5. The Morgan fingerprint density at radius 3 is 1.92 bits per heavy atom. The molecule has 0 saturated heterocycles. The Morgan fingerprint density at radius 2 is 1.16 bits per heavy atom. The van der Waals surface area contributed by atoms with Crippen molar-refractivity contribution in [1.82, 2.24) is 0 Å². The Kier molecular flexibility index (Phi) is 7.91. The van der Waals surface area contributed by atoms with Gasteiger partial charge in [0.15, 0.2) is 0 Å². The van der Waals surface area contributed by atoms with E-state index >= 15 is 0 Å². The van der Waals surface area contributed by atoms with Gasteiger partial charge in [0.2, 0.25) is 0 Å². The van der Waals surface area contributed by atoms with Gasteiger partial charge in [0.25, 0.3) is 0 Å². The molecule has 0 saturated carbocycles. The molecule has 8 aromatic carbocycles. The average Bonchev–Trinajstić information content (AvgIpc) is 3.76. The zero-order chi connectivity index (χ0) is 43.2. The van der Waals surface area contributed by atoms with E-state index in [1.54, 1.807) is 0 Å². The Labute approximate surface area is 371 Å². The Morgan fingerprint density at radius 1 is 0.492 bits per heavy atom. The normalized spacial score (nSPS) is 14.7. The number of hydrogen-bond acceptors (Lipinski definition) is 3. The van der Waals surface area contributed by atoms with Gasteiger partial charge in [-0.25, -0.2) is 0 Å². The van der Waals surface area contributed by atoms with E-state index in [1.807, 2.05) is 0 Å². The Bertz CT molecular complexity index is 3340. The van der Waals surface area contributed by atoms with Crippen LogP contribution in [0.3, 0.4) is 0 Å². The molecule has 63 heavy (non-hydrogen) atoms. The third-order valence-electron chi connectivity index (χ3n) is 14.3. The van der Waals surface area contributed by atoms with Gasteiger partial charge in [-0.1, -0.05) is 165 Å². The second kappa shape index (κ2) is 13.1. The number of anilines is 5. The molecular weight excluding hydrogens is 763 g/mol. The maximum absolute atomic E-state index is 6.81. The van der Waals surface area contributed by atoms with E-state index in [2.05, 4.69) is 229 Å². The first-order valence-corrected chi connectivity index (χ1v) is 22.5. The molecule has 306 valence electrons. The highest BCUT2D eigenvalue weighted by atomic mass is 16.3. The van der Waals surface area contributed by atoms with Gasteiger partial charge >= 0.3 is 6.85 Å². The summed E-state index contributed by atoms with van der Waals surface area (Å²) in [7, 11) is 0. The van der Waals surface area contributed by atoms with Crippen LogP contribution in [-0.2, 0) is 16.2 Å². The highest BCUT2D eigenvalue weighted by Gasteiger charge is 2.50. The van der Waals surface area contributed by atoms with Gasteiger partial charge in [-0.05, 0) is 121 Å². The van der Waals surface area contributed by atoms with E-state index in [1.165, 1.54) is 89.3 Å². The molecule has 0 spiro atoms. The van der Waals surface area contributed by atoms with Crippen molar-refractivity contribution in [2.24, 2.45) is 0 Å². The number of hydrogen-bond donors (Lipinski definition) is 0. The number of fused-ring (bicyclic) bond motifs is 11. The molecule has 3 aliphatic rings. The molecule has 0 bridgehead atoms. The molecule has 9 aromatic rings. The maximum Gasteiger partial charge on any atom is 0.333 e. The van der Waals surface area contributed by atoms with Crippen LogP contribution in [0.15, 0.2) is 168 Å². The van der Waals surface area contributed by atoms with E-state index in [0.29, 0.717) is 0 Å². The first-order valence-electron chi connectivity index (χ1n) is 22.5. The topological polar surface area (TPSA) is 19.6 Å². The van der Waals surface area contributed by atoms with Crippen molar-refractivity contribution >= 4 is 68.1 Å². The third-order valence-corrected chi connectivity index (χ3v) is 14.3. The fourth-order valence-corrected chi connectivity index (χ4v) is 11.2. The summed E-state index contributed by atoms with van der Waals surface area (Å²) in [6.07, 6.45) is 0. The van der Waals surface area contributed by atoms with E-state index in [0.717, 1.165) is 27.6 Å². The summed E-state index contributed by atoms with van der Waals surface area (Å²) < 4.78 is 6.81. The maximum atomic E-state index is 6.81. The lowest BCUT2D eigenvalue weighted by molar-refractivity contribution is 0.590. The van der Waals surface area contributed by atoms with Crippen molar-refractivity contribution in [1.29, 1.82) is 0 Å². The molecule has 1 aromatic heterocycles. The van der Waals surface area contributed by atoms with Crippen LogP contribution in [0.25, 0.3) is 55.3 Å². The predicted octanol–water partition coefficient (Wildman–Crippen LogP) is 14.9. The second-order valence-electron chi connectivity index (χ2n) is 20.6. The summed E-state index contributed by atoms with van der Waals surface area (Å²) in [4.78, 5) is 5.24. The predicted molar refractivity (Wildman–Crippen MR) is 268 cm³/mol. The molecule has 0 atom stereocenters. The van der Waals surface area contributed by atoms with Crippen molar-refractivity contribution in [2.45, 2.75) is 71.6 Å². The van der Waals surface area contributed by atoms with Crippen LogP contribution >= 0.6 is 0 Å². The summed E-state index contributed by atoms with van der Waals surface area (Å²) in [6.45, 7) is 18.5. The summed E-state index contributed by atoms with van der Waals surface area (Å²) >= 11 is 0. The Hall–Kier alpha value is -6.78. The molecule has 2 aliphatic heterocycles. The Balaban J connectivity index is 1.26. The highest BCUT2D eigenvalue weighted by molar-refractivity contribution is 6.94. The van der Waals surface area contributed by atoms with Crippen LogP contribution in [0, 0.1) is 0 Å². The highest BCUT2D eigenvalue weighted by Crippen LogP contribution is 2.58. The molecule has 3 nitrogen and oxygen atoms in total. The van der Waals surface area contributed by atoms with Gasteiger partial charge in [-0.15, -0.1) is 0 Å². The van der Waals surface area contributed by atoms with Gasteiger partial charge < -0.3 is 14.1 Å². The smallest absolute Gasteiger partial charge is 0.333 e. The monoisotopic (exact) mass is 814 g/mol. The molecular formula is C59H51BN2O. The molecule has 0 unspecified atom stereocenters. The van der Waals surface area contributed by atoms with Gasteiger partial charge in [0.05, 0.1) is 5.69 Å². The molecule has 0 amide bonds. The van der Waals surface area contributed by atoms with Crippen LogP contribution in [0.4, 0.5) is 28.4 Å². The molecule has 4 heteroatoms. The van der Waals surface area contributed by atoms with Crippen LogP contribution in [0.5, 0.6) is 0 Å². The molecule has 3 heterocycles. The first kappa shape index (κ1) is 37.9. The van der Waals surface area contributed by atoms with E-state index in [4.69, 9.17) is 4.42 Å². The van der Waals surface area contributed by atoms with Gasteiger partial charge in [0.1, 0.15) is 11.2 Å². The summed E-state index contributed by atoms with van der Waals surface area (Å²) in [5, 5.41) is 2.25.